The Bertz CT molecular complexity index is 1040. The summed E-state index contributed by atoms with van der Waals surface area (Å²) in [6.07, 6.45) is -3.68. The smallest absolute Gasteiger partial charge is 0.497 e. The lowest BCUT2D eigenvalue weighted by Gasteiger charge is -2.12. The molecule has 1 heterocycles. The molecule has 1 aromatic heterocycles. The number of halogens is 3. The first-order valence-electron chi connectivity index (χ1n) is 8.74. The molecule has 0 bridgehead atoms. The van der Waals surface area contributed by atoms with Crippen LogP contribution in [0, 0.1) is 10.1 Å². The van der Waals surface area contributed by atoms with Gasteiger partial charge in [-0.25, -0.2) is 9.97 Å². The van der Waals surface area contributed by atoms with Crippen LogP contribution < -0.4 is 20.1 Å². The van der Waals surface area contributed by atoms with Gasteiger partial charge in [-0.3, -0.25) is 10.1 Å². The van der Waals surface area contributed by atoms with Gasteiger partial charge in [0.1, 0.15) is 17.8 Å². The summed E-state index contributed by atoms with van der Waals surface area (Å²) in [5.74, 6) is 0.115. The van der Waals surface area contributed by atoms with Gasteiger partial charge in [-0.1, -0.05) is 12.1 Å². The molecular formula is C19H16F3N5O4. The lowest BCUT2D eigenvalue weighted by Crippen LogP contribution is -2.17. The Kier molecular flexibility index (Phi) is 6.38. The maximum Gasteiger partial charge on any atom is 0.573 e. The summed E-state index contributed by atoms with van der Waals surface area (Å²) in [5.41, 5.74) is 0.701. The fourth-order valence-electron chi connectivity index (χ4n) is 2.58. The topological polar surface area (TPSA) is 111 Å². The molecular weight excluding hydrogens is 419 g/mol. The average molecular weight is 435 g/mol. The van der Waals surface area contributed by atoms with Crippen molar-refractivity contribution in [1.82, 2.24) is 9.97 Å². The van der Waals surface area contributed by atoms with Crippen molar-refractivity contribution in [1.29, 1.82) is 0 Å². The zero-order chi connectivity index (χ0) is 22.4. The maximum atomic E-state index is 12.3. The molecule has 31 heavy (non-hydrogen) atoms. The number of alkyl halides is 3. The van der Waals surface area contributed by atoms with Crippen molar-refractivity contribution in [3.63, 3.8) is 0 Å². The first kappa shape index (κ1) is 21.6. The quantitative estimate of drug-likeness (QED) is 0.389. The second kappa shape index (κ2) is 9.15. The number of hydrogen-bond acceptors (Lipinski definition) is 8. The number of nitrogens with zero attached hydrogens (tertiary/aromatic N) is 3. The molecule has 2 N–H and O–H groups in total. The molecule has 162 valence electrons. The molecule has 3 rings (SSSR count). The highest BCUT2D eigenvalue weighted by atomic mass is 19.4. The molecule has 0 aliphatic rings. The Labute approximate surface area is 174 Å². The predicted octanol–water partition coefficient (Wildman–Crippen LogP) is 4.65. The van der Waals surface area contributed by atoms with Gasteiger partial charge in [0, 0.05) is 12.2 Å². The van der Waals surface area contributed by atoms with Crippen molar-refractivity contribution >= 4 is 23.0 Å². The fourth-order valence-corrected chi connectivity index (χ4v) is 2.58. The molecule has 0 fully saturated rings. The van der Waals surface area contributed by atoms with E-state index in [1.54, 1.807) is 31.4 Å². The Hall–Kier alpha value is -4.09. The second-order valence-electron chi connectivity index (χ2n) is 6.08. The second-order valence-corrected chi connectivity index (χ2v) is 6.08. The van der Waals surface area contributed by atoms with Crippen molar-refractivity contribution in [3.8, 4) is 11.5 Å². The minimum atomic E-state index is -4.81. The molecule has 0 saturated heterocycles. The average Bonchev–Trinajstić information content (AvgIpc) is 2.73. The number of ether oxygens (including phenoxy) is 2. The zero-order valence-corrected chi connectivity index (χ0v) is 16.0. The molecule has 9 nitrogen and oxygen atoms in total. The van der Waals surface area contributed by atoms with E-state index in [9.17, 15) is 23.3 Å². The van der Waals surface area contributed by atoms with Crippen molar-refractivity contribution in [3.05, 3.63) is 70.5 Å². The Morgan fingerprint density at radius 3 is 2.19 bits per heavy atom. The van der Waals surface area contributed by atoms with E-state index in [2.05, 4.69) is 25.3 Å². The number of nitrogens with one attached hydrogen (secondary N) is 2. The number of rotatable bonds is 8. The van der Waals surface area contributed by atoms with Gasteiger partial charge in [-0.2, -0.15) is 0 Å². The number of benzene rings is 2. The lowest BCUT2D eigenvalue weighted by molar-refractivity contribution is -0.383. The number of aromatic nitrogens is 2. The van der Waals surface area contributed by atoms with Gasteiger partial charge >= 0.3 is 12.0 Å². The highest BCUT2D eigenvalue weighted by Crippen LogP contribution is 2.32. The van der Waals surface area contributed by atoms with Crippen LogP contribution in [-0.4, -0.2) is 28.4 Å². The molecule has 0 saturated carbocycles. The molecule has 0 aliphatic carbocycles. The molecule has 0 radical (unpaired) electrons. The molecule has 0 aliphatic heterocycles. The van der Waals surface area contributed by atoms with E-state index in [0.717, 1.165) is 24.0 Å². The molecule has 0 amide bonds. The lowest BCUT2D eigenvalue weighted by atomic mass is 10.2. The van der Waals surface area contributed by atoms with E-state index in [-0.39, 0.29) is 23.9 Å². The molecule has 0 atom stereocenters. The fraction of sp³-hybridized carbons (Fsp3) is 0.158. The van der Waals surface area contributed by atoms with Crippen LogP contribution in [-0.2, 0) is 6.54 Å². The summed E-state index contributed by atoms with van der Waals surface area (Å²) in [5, 5.41) is 17.2. The SMILES string of the molecule is COc1ccc(CNc2ncnc(Nc3ccc(OC(F)(F)F)cc3)c2[N+](=O)[O-])cc1. The van der Waals surface area contributed by atoms with Gasteiger partial charge < -0.3 is 20.1 Å². The van der Waals surface area contributed by atoms with Crippen molar-refractivity contribution in [2.24, 2.45) is 0 Å². The van der Waals surface area contributed by atoms with Gasteiger partial charge in [-0.15, -0.1) is 13.2 Å². The van der Waals surface area contributed by atoms with Crippen molar-refractivity contribution in [2.45, 2.75) is 12.9 Å². The number of hydrogen-bond donors (Lipinski definition) is 2. The standard InChI is InChI=1S/C19H16F3N5O4/c1-30-14-6-2-12(3-7-14)10-23-17-16(27(28)29)18(25-11-24-17)26-13-4-8-15(9-5-13)31-19(20,21)22/h2-9,11H,10H2,1H3,(H2,23,24,25,26). The highest BCUT2D eigenvalue weighted by Gasteiger charge is 2.31. The van der Waals surface area contributed by atoms with E-state index in [4.69, 9.17) is 4.74 Å². The van der Waals surface area contributed by atoms with Crippen molar-refractivity contribution in [2.75, 3.05) is 17.7 Å². The van der Waals surface area contributed by atoms with Crippen LogP contribution in [0.2, 0.25) is 0 Å². The van der Waals surface area contributed by atoms with Gasteiger partial charge in [0.25, 0.3) is 0 Å². The number of nitro groups is 1. The number of methoxy groups -OCH3 is 1. The van der Waals surface area contributed by atoms with Crippen LogP contribution in [0.3, 0.4) is 0 Å². The van der Waals surface area contributed by atoms with E-state index in [0.29, 0.717) is 5.75 Å². The van der Waals surface area contributed by atoms with E-state index in [1.807, 2.05) is 0 Å². The minimum Gasteiger partial charge on any atom is -0.497 e. The Balaban J connectivity index is 1.77. The maximum absolute atomic E-state index is 12.3. The first-order valence-corrected chi connectivity index (χ1v) is 8.74. The third-order valence-electron chi connectivity index (χ3n) is 3.97. The van der Waals surface area contributed by atoms with Crippen LogP contribution in [0.5, 0.6) is 11.5 Å². The first-order chi connectivity index (χ1) is 14.7. The van der Waals surface area contributed by atoms with E-state index >= 15 is 0 Å². The predicted molar refractivity (Wildman–Crippen MR) is 105 cm³/mol. The third kappa shape index (κ3) is 5.95. The molecule has 12 heteroatoms. The van der Waals surface area contributed by atoms with Crippen molar-refractivity contribution < 1.29 is 27.6 Å². The van der Waals surface area contributed by atoms with Gasteiger partial charge in [0.05, 0.1) is 12.0 Å². The summed E-state index contributed by atoms with van der Waals surface area (Å²) < 4.78 is 45.7. The summed E-state index contributed by atoms with van der Waals surface area (Å²) in [4.78, 5) is 18.8. The number of anilines is 3. The van der Waals surface area contributed by atoms with Gasteiger partial charge in [0.2, 0.25) is 11.6 Å². The van der Waals surface area contributed by atoms with Crippen LogP contribution in [0.15, 0.2) is 54.9 Å². The van der Waals surface area contributed by atoms with Crippen LogP contribution in [0.25, 0.3) is 0 Å². The minimum absolute atomic E-state index is 0.0182. The van der Waals surface area contributed by atoms with E-state index in [1.165, 1.54) is 12.1 Å². The zero-order valence-electron chi connectivity index (χ0n) is 16.0. The monoisotopic (exact) mass is 435 g/mol. The third-order valence-corrected chi connectivity index (χ3v) is 3.97. The molecule has 3 aromatic rings. The molecule has 0 unspecified atom stereocenters. The largest absolute Gasteiger partial charge is 0.573 e. The Morgan fingerprint density at radius 2 is 1.61 bits per heavy atom. The summed E-state index contributed by atoms with van der Waals surface area (Å²) in [6, 6.07) is 11.8. The Morgan fingerprint density at radius 1 is 1.00 bits per heavy atom. The highest BCUT2D eigenvalue weighted by molar-refractivity contribution is 5.73. The van der Waals surface area contributed by atoms with Crippen LogP contribution in [0.1, 0.15) is 5.56 Å². The summed E-state index contributed by atoms with van der Waals surface area (Å²) in [6.45, 7) is 0.255. The molecule has 2 aromatic carbocycles. The molecule has 0 spiro atoms. The van der Waals surface area contributed by atoms with Gasteiger partial charge in [0.15, 0.2) is 0 Å². The van der Waals surface area contributed by atoms with Crippen LogP contribution >= 0.6 is 0 Å². The normalized spacial score (nSPS) is 11.0. The van der Waals surface area contributed by atoms with Gasteiger partial charge in [-0.05, 0) is 42.0 Å². The summed E-state index contributed by atoms with van der Waals surface area (Å²) >= 11 is 0. The summed E-state index contributed by atoms with van der Waals surface area (Å²) in [7, 11) is 1.54. The van der Waals surface area contributed by atoms with E-state index < -0.39 is 22.7 Å². The van der Waals surface area contributed by atoms with Crippen LogP contribution in [0.4, 0.5) is 36.2 Å².